The highest BCUT2D eigenvalue weighted by Crippen LogP contribution is 2.05. The Morgan fingerprint density at radius 3 is 2.56 bits per heavy atom. The molecule has 0 radical (unpaired) electrons. The molecule has 0 heterocycles. The topological polar surface area (TPSA) is 58.6 Å². The molecule has 4 nitrogen and oxygen atoms in total. The number of hydrogen-bond acceptors (Lipinski definition) is 3. The van der Waals surface area contributed by atoms with E-state index in [1.54, 1.807) is 0 Å². The molecule has 0 bridgehead atoms. The minimum absolute atomic E-state index is 0.0708. The van der Waals surface area contributed by atoms with Gasteiger partial charge in [0.05, 0.1) is 12.6 Å². The smallest absolute Gasteiger partial charge is 0.407 e. The largest absolute Gasteiger partial charge is 0.445 e. The van der Waals surface area contributed by atoms with Crippen LogP contribution < -0.4 is 5.32 Å². The number of alkyl carbamates (subject to hydrolysis) is 1. The minimum atomic E-state index is -0.487. The van der Waals surface area contributed by atoms with Crippen LogP contribution in [-0.2, 0) is 11.3 Å². The van der Waals surface area contributed by atoms with Gasteiger partial charge in [0.15, 0.2) is 0 Å². The van der Waals surface area contributed by atoms with E-state index in [0.29, 0.717) is 5.92 Å². The number of benzene rings is 1. The first-order valence-corrected chi connectivity index (χ1v) is 6.20. The van der Waals surface area contributed by atoms with E-state index in [9.17, 15) is 4.79 Å². The van der Waals surface area contributed by atoms with E-state index in [4.69, 9.17) is 9.84 Å². The Labute approximate surface area is 108 Å². The van der Waals surface area contributed by atoms with Gasteiger partial charge in [0.2, 0.25) is 0 Å². The Kier molecular flexibility index (Phi) is 6.22. The monoisotopic (exact) mass is 251 g/mol. The lowest BCUT2D eigenvalue weighted by Gasteiger charge is -2.17. The SMILES string of the molecule is CC(C)CC(CO)NC(=O)OCc1ccccc1. The first-order chi connectivity index (χ1) is 8.61. The summed E-state index contributed by atoms with van der Waals surface area (Å²) in [7, 11) is 0. The molecule has 0 aliphatic carbocycles. The second-order valence-corrected chi connectivity index (χ2v) is 4.72. The number of aliphatic hydroxyl groups excluding tert-OH is 1. The lowest BCUT2D eigenvalue weighted by atomic mass is 10.0. The van der Waals surface area contributed by atoms with Crippen molar-refractivity contribution in [1.82, 2.24) is 5.32 Å². The predicted molar refractivity (Wildman–Crippen MR) is 70.1 cm³/mol. The van der Waals surface area contributed by atoms with Gasteiger partial charge in [0.25, 0.3) is 0 Å². The molecule has 1 atom stereocenters. The van der Waals surface area contributed by atoms with Crippen LogP contribution in [0.15, 0.2) is 30.3 Å². The van der Waals surface area contributed by atoms with Gasteiger partial charge in [-0.15, -0.1) is 0 Å². The van der Waals surface area contributed by atoms with Gasteiger partial charge in [-0.25, -0.2) is 4.79 Å². The molecule has 2 N–H and O–H groups in total. The number of nitrogens with one attached hydrogen (secondary N) is 1. The van der Waals surface area contributed by atoms with Crippen molar-refractivity contribution in [2.75, 3.05) is 6.61 Å². The molecule has 0 saturated carbocycles. The molecule has 18 heavy (non-hydrogen) atoms. The van der Waals surface area contributed by atoms with Crippen molar-refractivity contribution in [3.05, 3.63) is 35.9 Å². The first-order valence-electron chi connectivity index (χ1n) is 6.20. The van der Waals surface area contributed by atoms with Crippen LogP contribution in [0.3, 0.4) is 0 Å². The molecule has 1 unspecified atom stereocenters. The number of aliphatic hydroxyl groups is 1. The van der Waals surface area contributed by atoms with Crippen molar-refractivity contribution in [1.29, 1.82) is 0 Å². The van der Waals surface area contributed by atoms with Crippen LogP contribution in [-0.4, -0.2) is 23.8 Å². The Morgan fingerprint density at radius 1 is 1.33 bits per heavy atom. The molecular formula is C14H21NO3. The molecule has 0 aromatic heterocycles. The summed E-state index contributed by atoms with van der Waals surface area (Å²) in [6, 6.07) is 9.25. The summed E-state index contributed by atoms with van der Waals surface area (Å²) >= 11 is 0. The second-order valence-electron chi connectivity index (χ2n) is 4.72. The van der Waals surface area contributed by atoms with E-state index in [-0.39, 0.29) is 19.3 Å². The van der Waals surface area contributed by atoms with Crippen LogP contribution in [0.25, 0.3) is 0 Å². The van der Waals surface area contributed by atoms with E-state index in [0.717, 1.165) is 12.0 Å². The summed E-state index contributed by atoms with van der Waals surface area (Å²) in [5.74, 6) is 0.413. The standard InChI is InChI=1S/C14H21NO3/c1-11(2)8-13(9-16)15-14(17)18-10-12-6-4-3-5-7-12/h3-7,11,13,16H,8-10H2,1-2H3,(H,15,17). The number of carbonyl (C=O) groups excluding carboxylic acids is 1. The fourth-order valence-electron chi connectivity index (χ4n) is 1.68. The first kappa shape index (κ1) is 14.5. The molecule has 4 heteroatoms. The van der Waals surface area contributed by atoms with Gasteiger partial charge >= 0.3 is 6.09 Å². The van der Waals surface area contributed by atoms with Crippen LogP contribution in [0.1, 0.15) is 25.8 Å². The Balaban J connectivity index is 2.32. The molecule has 0 fully saturated rings. The average molecular weight is 251 g/mol. The Bertz CT molecular complexity index is 351. The average Bonchev–Trinajstić information content (AvgIpc) is 2.36. The number of carbonyl (C=O) groups is 1. The summed E-state index contributed by atoms with van der Waals surface area (Å²) in [5, 5.41) is 11.8. The summed E-state index contributed by atoms with van der Waals surface area (Å²) in [6.07, 6.45) is 0.246. The lowest BCUT2D eigenvalue weighted by molar-refractivity contribution is 0.126. The van der Waals surface area contributed by atoms with Crippen molar-refractivity contribution >= 4 is 6.09 Å². The molecular weight excluding hydrogens is 230 g/mol. The number of ether oxygens (including phenoxy) is 1. The highest BCUT2D eigenvalue weighted by Gasteiger charge is 2.13. The van der Waals surface area contributed by atoms with Crippen LogP contribution in [0.5, 0.6) is 0 Å². The molecule has 1 rings (SSSR count). The van der Waals surface area contributed by atoms with Gasteiger partial charge in [-0.1, -0.05) is 44.2 Å². The van der Waals surface area contributed by atoms with E-state index in [1.807, 2.05) is 44.2 Å². The van der Waals surface area contributed by atoms with Crippen LogP contribution >= 0.6 is 0 Å². The molecule has 0 aliphatic rings. The summed E-state index contributed by atoms with van der Waals surface area (Å²) in [5.41, 5.74) is 0.942. The quantitative estimate of drug-likeness (QED) is 0.815. The van der Waals surface area contributed by atoms with Gasteiger partial charge in [0, 0.05) is 0 Å². The number of hydrogen-bond donors (Lipinski definition) is 2. The highest BCUT2D eigenvalue weighted by atomic mass is 16.5. The zero-order valence-electron chi connectivity index (χ0n) is 10.9. The fraction of sp³-hybridized carbons (Fsp3) is 0.500. The van der Waals surface area contributed by atoms with Crippen LogP contribution in [0.2, 0.25) is 0 Å². The van der Waals surface area contributed by atoms with Crippen LogP contribution in [0, 0.1) is 5.92 Å². The minimum Gasteiger partial charge on any atom is -0.445 e. The summed E-state index contributed by atoms with van der Waals surface area (Å²) in [6.45, 7) is 4.25. The highest BCUT2D eigenvalue weighted by molar-refractivity contribution is 5.67. The maximum Gasteiger partial charge on any atom is 0.407 e. The third-order valence-electron chi connectivity index (χ3n) is 2.51. The molecule has 0 saturated heterocycles. The molecule has 1 aromatic carbocycles. The van der Waals surface area contributed by atoms with Crippen molar-refractivity contribution in [2.24, 2.45) is 5.92 Å². The normalized spacial score (nSPS) is 12.2. The van der Waals surface area contributed by atoms with Gasteiger partial charge in [-0.05, 0) is 17.9 Å². The fourth-order valence-corrected chi connectivity index (χ4v) is 1.68. The van der Waals surface area contributed by atoms with Gasteiger partial charge < -0.3 is 15.2 Å². The van der Waals surface area contributed by atoms with E-state index in [1.165, 1.54) is 0 Å². The van der Waals surface area contributed by atoms with Crippen molar-refractivity contribution in [2.45, 2.75) is 32.9 Å². The number of rotatable bonds is 6. The van der Waals surface area contributed by atoms with Gasteiger partial charge in [-0.2, -0.15) is 0 Å². The van der Waals surface area contributed by atoms with Gasteiger partial charge in [0.1, 0.15) is 6.61 Å². The number of amides is 1. The van der Waals surface area contributed by atoms with E-state index < -0.39 is 6.09 Å². The maximum absolute atomic E-state index is 11.5. The zero-order valence-corrected chi connectivity index (χ0v) is 10.9. The Hall–Kier alpha value is -1.55. The van der Waals surface area contributed by atoms with Gasteiger partial charge in [-0.3, -0.25) is 0 Å². The molecule has 0 aliphatic heterocycles. The molecule has 100 valence electrons. The van der Waals surface area contributed by atoms with E-state index >= 15 is 0 Å². The lowest BCUT2D eigenvalue weighted by Crippen LogP contribution is -2.38. The third-order valence-corrected chi connectivity index (χ3v) is 2.51. The summed E-state index contributed by atoms with van der Waals surface area (Å²) in [4.78, 5) is 11.5. The predicted octanol–water partition coefficient (Wildman–Crippen LogP) is 2.32. The van der Waals surface area contributed by atoms with Crippen LogP contribution in [0.4, 0.5) is 4.79 Å². The van der Waals surface area contributed by atoms with Crippen molar-refractivity contribution in [3.8, 4) is 0 Å². The molecule has 0 spiro atoms. The Morgan fingerprint density at radius 2 is 2.00 bits per heavy atom. The molecule has 1 amide bonds. The van der Waals surface area contributed by atoms with E-state index in [2.05, 4.69) is 5.32 Å². The molecule has 1 aromatic rings. The maximum atomic E-state index is 11.5. The second kappa shape index (κ2) is 7.71. The van der Waals surface area contributed by atoms with Crippen molar-refractivity contribution in [3.63, 3.8) is 0 Å². The van der Waals surface area contributed by atoms with Crippen molar-refractivity contribution < 1.29 is 14.6 Å². The summed E-state index contributed by atoms with van der Waals surface area (Å²) < 4.78 is 5.08. The third kappa shape index (κ3) is 5.68. The zero-order chi connectivity index (χ0) is 13.4.